The Morgan fingerprint density at radius 1 is 0.397 bits per heavy atom. The van der Waals surface area contributed by atoms with Crippen LogP contribution in [0.15, 0.2) is 206 Å². The Kier molecular flexibility index (Phi) is 8.90. The van der Waals surface area contributed by atoms with E-state index in [9.17, 15) is 0 Å². The molecule has 1 heteroatoms. The summed E-state index contributed by atoms with van der Waals surface area (Å²) >= 11 is 0. The first-order chi connectivity index (χ1) is 31.0. The summed E-state index contributed by atoms with van der Waals surface area (Å²) in [7, 11) is 0. The predicted octanol–water partition coefficient (Wildman–Crippen LogP) is 16.7. The van der Waals surface area contributed by atoms with Crippen molar-refractivity contribution in [3.05, 3.63) is 245 Å². The maximum absolute atomic E-state index is 2.57. The monoisotopic (exact) mass is 809 g/mol. The second-order valence-corrected chi connectivity index (χ2v) is 18.6. The van der Waals surface area contributed by atoms with Gasteiger partial charge in [0, 0.05) is 22.4 Å². The van der Waals surface area contributed by atoms with E-state index < -0.39 is 5.41 Å². The Morgan fingerprint density at radius 3 is 1.59 bits per heavy atom. The molecule has 1 nitrogen and oxygen atoms in total. The fourth-order valence-corrected chi connectivity index (χ4v) is 12.1. The van der Waals surface area contributed by atoms with Gasteiger partial charge in [0.1, 0.15) is 0 Å². The smallest absolute Gasteiger partial charge is 0.0714 e. The molecule has 0 amide bonds. The summed E-state index contributed by atoms with van der Waals surface area (Å²) in [6.45, 7) is 4.78. The van der Waals surface area contributed by atoms with Gasteiger partial charge in [0.05, 0.1) is 11.1 Å². The zero-order valence-electron chi connectivity index (χ0n) is 36.2. The van der Waals surface area contributed by atoms with Crippen molar-refractivity contribution in [1.82, 2.24) is 0 Å². The Morgan fingerprint density at radius 2 is 0.905 bits per heavy atom. The normalized spacial score (nSPS) is 15.7. The van der Waals surface area contributed by atoms with E-state index in [4.69, 9.17) is 0 Å². The molecule has 0 aromatic heterocycles. The molecule has 63 heavy (non-hydrogen) atoms. The molecule has 304 valence electrons. The van der Waals surface area contributed by atoms with Crippen LogP contribution in [-0.4, -0.2) is 0 Å². The van der Waals surface area contributed by atoms with Gasteiger partial charge in [0.15, 0.2) is 0 Å². The third-order valence-electron chi connectivity index (χ3n) is 14.9. The summed E-state index contributed by atoms with van der Waals surface area (Å²) in [6, 6.07) is 78.1. The second kappa shape index (κ2) is 14.8. The predicted molar refractivity (Wildman–Crippen MR) is 265 cm³/mol. The Balaban J connectivity index is 1.14. The zero-order valence-corrected chi connectivity index (χ0v) is 36.2. The number of hydrogen-bond acceptors (Lipinski definition) is 1. The largest absolute Gasteiger partial charge is 0.310 e. The summed E-state index contributed by atoms with van der Waals surface area (Å²) in [4.78, 5) is 2.57. The van der Waals surface area contributed by atoms with E-state index in [1.165, 1.54) is 121 Å². The van der Waals surface area contributed by atoms with Crippen molar-refractivity contribution in [2.75, 3.05) is 4.90 Å². The van der Waals surface area contributed by atoms with E-state index in [2.05, 4.69) is 225 Å². The van der Waals surface area contributed by atoms with Gasteiger partial charge in [0.2, 0.25) is 0 Å². The summed E-state index contributed by atoms with van der Waals surface area (Å²) in [5.41, 5.74) is 20.1. The molecule has 0 saturated heterocycles. The van der Waals surface area contributed by atoms with E-state index in [0.717, 1.165) is 11.4 Å². The van der Waals surface area contributed by atoms with Crippen molar-refractivity contribution >= 4 is 27.8 Å². The van der Waals surface area contributed by atoms with Gasteiger partial charge in [-0.1, -0.05) is 209 Å². The van der Waals surface area contributed by atoms with Crippen molar-refractivity contribution < 1.29 is 0 Å². The highest BCUT2D eigenvalue weighted by molar-refractivity contribution is 6.04. The van der Waals surface area contributed by atoms with Crippen LogP contribution in [0.4, 0.5) is 17.1 Å². The Labute approximate surface area is 372 Å². The zero-order chi connectivity index (χ0) is 42.1. The topological polar surface area (TPSA) is 3.24 Å². The Bertz CT molecular complexity index is 3140. The molecule has 0 bridgehead atoms. The minimum Gasteiger partial charge on any atom is -0.310 e. The minimum absolute atomic E-state index is 0.146. The quantitative estimate of drug-likeness (QED) is 0.155. The van der Waals surface area contributed by atoms with Crippen LogP contribution in [0.5, 0.6) is 0 Å². The molecule has 1 fully saturated rings. The van der Waals surface area contributed by atoms with Crippen LogP contribution in [0.3, 0.4) is 0 Å². The molecular formula is C62H51N. The lowest BCUT2D eigenvalue weighted by molar-refractivity contribution is 0.445. The third-order valence-corrected chi connectivity index (χ3v) is 14.9. The van der Waals surface area contributed by atoms with Gasteiger partial charge in [-0.25, -0.2) is 0 Å². The van der Waals surface area contributed by atoms with Gasteiger partial charge < -0.3 is 4.90 Å². The molecule has 0 N–H and O–H groups in total. The number of para-hydroxylation sites is 1. The molecule has 1 saturated carbocycles. The number of nitrogens with zero attached hydrogens (tertiary/aromatic N) is 1. The van der Waals surface area contributed by atoms with Crippen LogP contribution in [0.1, 0.15) is 90.8 Å². The lowest BCUT2D eigenvalue weighted by Crippen LogP contribution is -2.28. The van der Waals surface area contributed by atoms with E-state index in [0.29, 0.717) is 5.92 Å². The van der Waals surface area contributed by atoms with Crippen molar-refractivity contribution in [1.29, 1.82) is 0 Å². The number of hydrogen-bond donors (Lipinski definition) is 0. The highest BCUT2D eigenvalue weighted by Crippen LogP contribution is 2.58. The van der Waals surface area contributed by atoms with Crippen LogP contribution in [0.2, 0.25) is 0 Å². The minimum atomic E-state index is -0.512. The maximum Gasteiger partial charge on any atom is 0.0714 e. The van der Waals surface area contributed by atoms with Gasteiger partial charge >= 0.3 is 0 Å². The number of fused-ring (bicyclic) bond motifs is 7. The standard InChI is InChI=1S/C62H51N/c1-61(2)55-33-15-12-28-49(55)51-38-36-46(40-57(51)61)63(59-35-17-14-30-53(59)54-32-19-23-43-22-18-31-48(60(43)54)42-20-6-3-7-21-42)47-37-39-52-50-29-13-16-34-56(50)62(58(52)41-47,44-24-8-4-9-25-44)45-26-10-5-11-27-45/h4-5,8-19,22-42H,3,6-7,20-21H2,1-2H3. The molecule has 9 aromatic carbocycles. The second-order valence-electron chi connectivity index (χ2n) is 18.6. The third kappa shape index (κ3) is 5.75. The molecular weight excluding hydrogens is 759 g/mol. The van der Waals surface area contributed by atoms with E-state index in [1.54, 1.807) is 0 Å². The van der Waals surface area contributed by atoms with Gasteiger partial charge in [-0.2, -0.15) is 0 Å². The molecule has 0 unspecified atom stereocenters. The van der Waals surface area contributed by atoms with Crippen molar-refractivity contribution in [3.63, 3.8) is 0 Å². The van der Waals surface area contributed by atoms with Gasteiger partial charge in [0.25, 0.3) is 0 Å². The average Bonchev–Trinajstić information content (AvgIpc) is 3.77. The lowest BCUT2D eigenvalue weighted by Gasteiger charge is -2.35. The first-order valence-corrected chi connectivity index (χ1v) is 23.0. The van der Waals surface area contributed by atoms with Gasteiger partial charge in [-0.05, 0) is 127 Å². The fourth-order valence-electron chi connectivity index (χ4n) is 12.1. The molecule has 12 rings (SSSR count). The summed E-state index contributed by atoms with van der Waals surface area (Å²) in [5.74, 6) is 0.579. The summed E-state index contributed by atoms with van der Waals surface area (Å²) in [6.07, 6.45) is 6.48. The van der Waals surface area contributed by atoms with E-state index in [1.807, 2.05) is 0 Å². The lowest BCUT2D eigenvalue weighted by atomic mass is 9.67. The van der Waals surface area contributed by atoms with Crippen LogP contribution in [0.25, 0.3) is 44.2 Å². The highest BCUT2D eigenvalue weighted by Gasteiger charge is 2.46. The number of anilines is 3. The fraction of sp³-hybridized carbons (Fsp3) is 0.161. The van der Waals surface area contributed by atoms with Gasteiger partial charge in [-0.15, -0.1) is 0 Å². The molecule has 0 spiro atoms. The van der Waals surface area contributed by atoms with E-state index in [-0.39, 0.29) is 5.41 Å². The molecule has 3 aliphatic rings. The van der Waals surface area contributed by atoms with E-state index >= 15 is 0 Å². The maximum atomic E-state index is 2.57. The molecule has 0 aliphatic heterocycles. The van der Waals surface area contributed by atoms with Crippen LogP contribution in [0, 0.1) is 0 Å². The van der Waals surface area contributed by atoms with Crippen molar-refractivity contribution in [2.45, 2.75) is 62.7 Å². The van der Waals surface area contributed by atoms with Crippen LogP contribution < -0.4 is 4.90 Å². The van der Waals surface area contributed by atoms with Crippen LogP contribution in [-0.2, 0) is 10.8 Å². The van der Waals surface area contributed by atoms with Crippen LogP contribution >= 0.6 is 0 Å². The summed E-state index contributed by atoms with van der Waals surface area (Å²) < 4.78 is 0. The number of rotatable bonds is 7. The Hall–Kier alpha value is -6.96. The molecule has 9 aromatic rings. The van der Waals surface area contributed by atoms with Gasteiger partial charge in [-0.3, -0.25) is 0 Å². The summed E-state index contributed by atoms with van der Waals surface area (Å²) in [5, 5.41) is 2.72. The van der Waals surface area contributed by atoms with Crippen molar-refractivity contribution in [2.24, 2.45) is 0 Å². The first kappa shape index (κ1) is 37.8. The molecule has 0 radical (unpaired) electrons. The molecule has 3 aliphatic carbocycles. The highest BCUT2D eigenvalue weighted by atomic mass is 15.1. The first-order valence-electron chi connectivity index (χ1n) is 23.0. The molecule has 0 heterocycles. The number of benzene rings is 9. The molecule has 0 atom stereocenters. The average molecular weight is 810 g/mol. The van der Waals surface area contributed by atoms with Crippen molar-refractivity contribution in [3.8, 4) is 33.4 Å². The SMILES string of the molecule is CC1(C)c2ccccc2-c2ccc(N(c3ccc4c(c3)C(c3ccccc3)(c3ccccc3)c3ccccc3-4)c3ccccc3-c3cccc4cccc(C5CCCCC5)c34)cc21.